The summed E-state index contributed by atoms with van der Waals surface area (Å²) in [6.07, 6.45) is -2.98. The molecule has 1 amide bonds. The number of alkyl halides is 3. The number of amides is 1. The number of rotatable bonds is 6. The molecule has 1 aromatic carbocycles. The highest BCUT2D eigenvalue weighted by Crippen LogP contribution is 2.31. The summed E-state index contributed by atoms with van der Waals surface area (Å²) in [4.78, 5) is 12.7. The van der Waals surface area contributed by atoms with Crippen LogP contribution in [0.1, 0.15) is 28.2 Å². The van der Waals surface area contributed by atoms with Crippen LogP contribution >= 0.6 is 0 Å². The Balaban J connectivity index is 1.90. The molecule has 0 aliphatic rings. The van der Waals surface area contributed by atoms with Crippen LogP contribution in [0.25, 0.3) is 5.69 Å². The Bertz CT molecular complexity index is 1110. The normalized spacial score (nSPS) is 11.2. The molecule has 0 aliphatic carbocycles. The Morgan fingerprint density at radius 1 is 1.30 bits per heavy atom. The van der Waals surface area contributed by atoms with Gasteiger partial charge in [0.1, 0.15) is 5.82 Å². The Hall–Kier alpha value is -3.81. The maximum Gasteiger partial charge on any atom is 0.416 e. The molecular weight excluding hydrogens is 401 g/mol. The molecule has 0 aliphatic heterocycles. The predicted octanol–water partition coefficient (Wildman–Crippen LogP) is 3.57. The van der Waals surface area contributed by atoms with E-state index < -0.39 is 17.6 Å². The molecule has 3 aromatic rings. The van der Waals surface area contributed by atoms with Crippen molar-refractivity contribution in [2.24, 2.45) is 0 Å². The van der Waals surface area contributed by atoms with Crippen molar-refractivity contribution < 1.29 is 22.7 Å². The molecule has 0 fully saturated rings. The lowest BCUT2D eigenvalue weighted by Crippen LogP contribution is -2.17. The van der Waals surface area contributed by atoms with Gasteiger partial charge in [-0.3, -0.25) is 4.79 Å². The largest absolute Gasteiger partial charge is 0.493 e. The van der Waals surface area contributed by atoms with E-state index in [0.29, 0.717) is 11.5 Å². The smallest absolute Gasteiger partial charge is 0.416 e. The number of carbonyl (C=O) groups is 1. The molecule has 0 saturated carbocycles. The fourth-order valence-corrected chi connectivity index (χ4v) is 2.77. The number of nitrogens with one attached hydrogen (secondary N) is 1. The van der Waals surface area contributed by atoms with Gasteiger partial charge in [0, 0.05) is 6.07 Å². The molecule has 156 valence electrons. The molecular formula is C19H17F3N6O2. The molecule has 2 aromatic heterocycles. The fraction of sp³-hybridized carbons (Fsp3) is 0.263. The lowest BCUT2D eigenvalue weighted by atomic mass is 10.2. The van der Waals surface area contributed by atoms with Crippen molar-refractivity contribution in [1.82, 2.24) is 19.6 Å². The average molecular weight is 418 g/mol. The van der Waals surface area contributed by atoms with Gasteiger partial charge in [0.25, 0.3) is 5.91 Å². The van der Waals surface area contributed by atoms with Gasteiger partial charge in [0.05, 0.1) is 49.3 Å². The van der Waals surface area contributed by atoms with E-state index in [2.05, 4.69) is 15.5 Å². The van der Waals surface area contributed by atoms with E-state index in [-0.39, 0.29) is 30.1 Å². The second-order valence-corrected chi connectivity index (χ2v) is 6.30. The third-order valence-corrected chi connectivity index (χ3v) is 4.13. The van der Waals surface area contributed by atoms with E-state index in [1.807, 2.05) is 6.07 Å². The monoisotopic (exact) mass is 418 g/mol. The molecule has 1 N–H and O–H groups in total. The van der Waals surface area contributed by atoms with Crippen molar-refractivity contribution in [2.45, 2.75) is 26.1 Å². The van der Waals surface area contributed by atoms with Gasteiger partial charge in [0.15, 0.2) is 11.4 Å². The Morgan fingerprint density at radius 3 is 2.73 bits per heavy atom. The summed E-state index contributed by atoms with van der Waals surface area (Å²) in [5, 5.41) is 19.7. The molecule has 30 heavy (non-hydrogen) atoms. The number of aromatic nitrogens is 4. The number of aryl methyl sites for hydroxylation is 2. The van der Waals surface area contributed by atoms with Gasteiger partial charge in [0.2, 0.25) is 0 Å². The highest BCUT2D eigenvalue weighted by molar-refractivity contribution is 6.04. The predicted molar refractivity (Wildman–Crippen MR) is 100 cm³/mol. The quantitative estimate of drug-likeness (QED) is 0.660. The van der Waals surface area contributed by atoms with E-state index in [0.717, 1.165) is 16.8 Å². The molecule has 0 saturated heterocycles. The first-order chi connectivity index (χ1) is 14.2. The van der Waals surface area contributed by atoms with Crippen molar-refractivity contribution >= 4 is 11.7 Å². The maximum atomic E-state index is 13.0. The lowest BCUT2D eigenvalue weighted by Gasteiger charge is -2.08. The molecule has 3 rings (SSSR count). The molecule has 0 unspecified atom stereocenters. The van der Waals surface area contributed by atoms with Crippen LogP contribution in [0.5, 0.6) is 5.75 Å². The lowest BCUT2D eigenvalue weighted by molar-refractivity contribution is -0.137. The number of hydrogen-bond donors (Lipinski definition) is 1. The Kier molecular flexibility index (Phi) is 5.77. The number of benzene rings is 1. The topological polar surface area (TPSA) is 97.8 Å². The summed E-state index contributed by atoms with van der Waals surface area (Å²) in [5.41, 5.74) is -0.181. The minimum absolute atomic E-state index is 0.0877. The highest BCUT2D eigenvalue weighted by Gasteiger charge is 2.31. The van der Waals surface area contributed by atoms with Crippen molar-refractivity contribution in [3.8, 4) is 17.5 Å². The van der Waals surface area contributed by atoms with E-state index in [9.17, 15) is 18.0 Å². The first kappa shape index (κ1) is 20.9. The number of ether oxygens (including phenoxy) is 1. The number of methoxy groups -OCH3 is 1. The Labute approximate surface area is 169 Å². The Morgan fingerprint density at radius 2 is 2.07 bits per heavy atom. The van der Waals surface area contributed by atoms with Crippen LogP contribution in [0.15, 0.2) is 36.5 Å². The number of nitriles is 1. The average Bonchev–Trinajstić information content (AvgIpc) is 3.29. The van der Waals surface area contributed by atoms with Crippen LogP contribution in [-0.2, 0) is 12.7 Å². The third-order valence-electron chi connectivity index (χ3n) is 4.13. The van der Waals surface area contributed by atoms with E-state index in [4.69, 9.17) is 10.00 Å². The number of nitrogens with zero attached hydrogens (tertiary/aromatic N) is 5. The first-order valence-corrected chi connectivity index (χ1v) is 8.77. The van der Waals surface area contributed by atoms with E-state index in [1.54, 1.807) is 13.0 Å². The van der Waals surface area contributed by atoms with Gasteiger partial charge in [-0.05, 0) is 25.1 Å². The van der Waals surface area contributed by atoms with Crippen LogP contribution in [0.4, 0.5) is 19.0 Å². The third kappa shape index (κ3) is 4.43. The van der Waals surface area contributed by atoms with Gasteiger partial charge in [-0.15, -0.1) is 0 Å². The van der Waals surface area contributed by atoms with E-state index >= 15 is 0 Å². The van der Waals surface area contributed by atoms with Gasteiger partial charge in [-0.1, -0.05) is 6.07 Å². The zero-order valence-electron chi connectivity index (χ0n) is 16.1. The minimum Gasteiger partial charge on any atom is -0.493 e. The molecule has 0 spiro atoms. The highest BCUT2D eigenvalue weighted by atomic mass is 19.4. The summed E-state index contributed by atoms with van der Waals surface area (Å²) in [5.74, 6) is -0.177. The van der Waals surface area contributed by atoms with Crippen molar-refractivity contribution in [3.63, 3.8) is 0 Å². The van der Waals surface area contributed by atoms with Crippen LogP contribution < -0.4 is 10.1 Å². The summed E-state index contributed by atoms with van der Waals surface area (Å²) in [7, 11) is 1.32. The van der Waals surface area contributed by atoms with Crippen LogP contribution in [-0.4, -0.2) is 32.6 Å². The van der Waals surface area contributed by atoms with Crippen LogP contribution in [0.3, 0.4) is 0 Å². The van der Waals surface area contributed by atoms with E-state index in [1.165, 1.54) is 30.1 Å². The second-order valence-electron chi connectivity index (χ2n) is 6.30. The summed E-state index contributed by atoms with van der Waals surface area (Å²) < 4.78 is 46.8. The summed E-state index contributed by atoms with van der Waals surface area (Å²) >= 11 is 0. The minimum atomic E-state index is -4.51. The van der Waals surface area contributed by atoms with Gasteiger partial charge < -0.3 is 10.1 Å². The molecule has 0 radical (unpaired) electrons. The van der Waals surface area contributed by atoms with Gasteiger partial charge in [-0.25, -0.2) is 9.36 Å². The molecule has 2 heterocycles. The number of anilines is 1. The molecule has 0 bridgehead atoms. The second kappa shape index (κ2) is 8.28. The van der Waals surface area contributed by atoms with Crippen LogP contribution in [0, 0.1) is 18.3 Å². The van der Waals surface area contributed by atoms with Crippen molar-refractivity contribution in [2.75, 3.05) is 12.4 Å². The number of carbonyl (C=O) groups excluding carboxylic acids is 1. The fourth-order valence-electron chi connectivity index (χ4n) is 2.77. The number of halogens is 3. The summed E-state index contributed by atoms with van der Waals surface area (Å²) in [6.45, 7) is 2.03. The zero-order chi connectivity index (χ0) is 21.9. The maximum absolute atomic E-state index is 13.0. The van der Waals surface area contributed by atoms with Crippen molar-refractivity contribution in [3.05, 3.63) is 53.5 Å². The standard InChI is InChI=1S/C19H17F3N6O2/c1-12-9-16(27(25-12)8-4-7-23)24-18(29)17-15(30-2)11-28(26-17)14-6-3-5-13(10-14)19(20,21)22/h3,5-6,9-11H,4,8H2,1-2H3,(H,24,29). The molecule has 11 heteroatoms. The van der Waals surface area contributed by atoms with Gasteiger partial charge in [-0.2, -0.15) is 28.6 Å². The zero-order valence-corrected chi connectivity index (χ0v) is 16.1. The number of hydrogen-bond acceptors (Lipinski definition) is 5. The first-order valence-electron chi connectivity index (χ1n) is 8.77. The molecule has 8 nitrogen and oxygen atoms in total. The van der Waals surface area contributed by atoms with Crippen molar-refractivity contribution in [1.29, 1.82) is 5.26 Å². The SMILES string of the molecule is COc1cn(-c2cccc(C(F)(F)F)c2)nc1C(=O)Nc1cc(C)nn1CCC#N. The van der Waals surface area contributed by atoms with Crippen LogP contribution in [0.2, 0.25) is 0 Å². The summed E-state index contributed by atoms with van der Waals surface area (Å²) in [6, 6.07) is 8.19. The molecule has 0 atom stereocenters. The van der Waals surface area contributed by atoms with Gasteiger partial charge >= 0.3 is 6.18 Å².